The molecule has 0 aliphatic carbocycles. The lowest BCUT2D eigenvalue weighted by Gasteiger charge is -2.28. The molecule has 3 N–H and O–H groups in total. The number of benzene rings is 2. The van der Waals surface area contributed by atoms with Crippen molar-refractivity contribution < 1.29 is 8.42 Å². The number of hydrogen-bond donors (Lipinski definition) is 3. The van der Waals surface area contributed by atoms with E-state index in [0.29, 0.717) is 17.0 Å². The molecule has 4 rings (SSSR count). The van der Waals surface area contributed by atoms with Crippen LogP contribution >= 0.6 is 0 Å². The van der Waals surface area contributed by atoms with Gasteiger partial charge in [0.15, 0.2) is 0 Å². The maximum Gasteiger partial charge on any atom is 0.244 e. The van der Waals surface area contributed by atoms with Crippen LogP contribution in [0, 0.1) is 6.92 Å². The lowest BCUT2D eigenvalue weighted by atomic mass is 10.1. The molecule has 0 radical (unpaired) electrons. The molecule has 1 atom stereocenters. The van der Waals surface area contributed by atoms with E-state index in [1.165, 1.54) is 0 Å². The average Bonchev–Trinajstić information content (AvgIpc) is 2.91. The summed E-state index contributed by atoms with van der Waals surface area (Å²) in [6, 6.07) is 13.4. The number of para-hydroxylation sites is 1. The van der Waals surface area contributed by atoms with E-state index in [1.54, 1.807) is 6.07 Å². The van der Waals surface area contributed by atoms with Gasteiger partial charge in [0.05, 0.1) is 11.9 Å². The Morgan fingerprint density at radius 3 is 2.83 bits per heavy atom. The summed E-state index contributed by atoms with van der Waals surface area (Å²) in [4.78, 5) is 3.53. The molecule has 0 saturated carbocycles. The number of fused-ring (bicyclic) bond motifs is 2. The molecule has 118 valence electrons. The van der Waals surface area contributed by atoms with Crippen LogP contribution in [-0.4, -0.2) is 19.6 Å². The van der Waals surface area contributed by atoms with E-state index >= 15 is 0 Å². The summed E-state index contributed by atoms with van der Waals surface area (Å²) in [5, 5.41) is 4.39. The molecule has 6 heteroatoms. The molecule has 23 heavy (non-hydrogen) atoms. The van der Waals surface area contributed by atoms with Gasteiger partial charge in [-0.3, -0.25) is 0 Å². The number of H-pyrrole nitrogens is 1. The van der Waals surface area contributed by atoms with Crippen molar-refractivity contribution in [2.24, 2.45) is 0 Å². The summed E-state index contributed by atoms with van der Waals surface area (Å²) in [6.07, 6.45) is 2.14. The zero-order valence-electron chi connectivity index (χ0n) is 12.6. The first-order valence-electron chi connectivity index (χ1n) is 7.47. The average molecular weight is 327 g/mol. The van der Waals surface area contributed by atoms with Gasteiger partial charge in [0.1, 0.15) is 4.90 Å². The van der Waals surface area contributed by atoms with Gasteiger partial charge in [-0.05, 0) is 36.2 Å². The molecular formula is C17H17N3O2S. The summed E-state index contributed by atoms with van der Waals surface area (Å²) in [6.45, 7) is 1.88. The topological polar surface area (TPSA) is 74.0 Å². The molecule has 0 saturated heterocycles. The van der Waals surface area contributed by atoms with E-state index in [2.05, 4.69) is 15.0 Å². The van der Waals surface area contributed by atoms with Gasteiger partial charge in [-0.15, -0.1) is 0 Å². The Morgan fingerprint density at radius 1 is 1.13 bits per heavy atom. The lowest BCUT2D eigenvalue weighted by molar-refractivity contribution is 0.555. The van der Waals surface area contributed by atoms with E-state index in [1.807, 2.05) is 49.5 Å². The highest BCUT2D eigenvalue weighted by Gasteiger charge is 2.29. The van der Waals surface area contributed by atoms with Gasteiger partial charge in [0.2, 0.25) is 10.0 Å². The fraction of sp³-hybridized carbons (Fsp3) is 0.176. The standard InChI is InChI=1S/C17H17N3O2S/c1-11-6-7-15-16(8-11)23(21,22)20-17(19-15)9-12-10-18-14-5-3-2-4-13(12)14/h2-8,10,17-20H,9H2,1H3. The van der Waals surface area contributed by atoms with Crippen LogP contribution in [0.25, 0.3) is 10.9 Å². The van der Waals surface area contributed by atoms with Crippen LogP contribution in [-0.2, 0) is 16.4 Å². The summed E-state index contributed by atoms with van der Waals surface area (Å²) < 4.78 is 27.7. The van der Waals surface area contributed by atoms with Gasteiger partial charge in [-0.25, -0.2) is 8.42 Å². The Kier molecular flexibility index (Phi) is 3.18. The molecule has 2 aromatic carbocycles. The lowest BCUT2D eigenvalue weighted by Crippen LogP contribution is -2.46. The Labute approximate surface area is 134 Å². The maximum absolute atomic E-state index is 12.5. The minimum absolute atomic E-state index is 0.313. The van der Waals surface area contributed by atoms with Gasteiger partial charge in [-0.1, -0.05) is 24.3 Å². The predicted octanol–water partition coefficient (Wildman–Crippen LogP) is 2.75. The molecule has 3 aromatic rings. The highest BCUT2D eigenvalue weighted by atomic mass is 32.2. The molecule has 0 amide bonds. The summed E-state index contributed by atoms with van der Waals surface area (Å²) in [5.41, 5.74) is 3.71. The third kappa shape index (κ3) is 2.50. The minimum Gasteiger partial charge on any atom is -0.368 e. The van der Waals surface area contributed by atoms with Gasteiger partial charge < -0.3 is 10.3 Å². The number of nitrogens with one attached hydrogen (secondary N) is 3. The maximum atomic E-state index is 12.5. The van der Waals surface area contributed by atoms with Crippen LogP contribution in [0.3, 0.4) is 0 Å². The van der Waals surface area contributed by atoms with Gasteiger partial charge in [-0.2, -0.15) is 4.72 Å². The van der Waals surface area contributed by atoms with Crippen LogP contribution in [0.5, 0.6) is 0 Å². The van der Waals surface area contributed by atoms with Gasteiger partial charge >= 0.3 is 0 Å². The Balaban J connectivity index is 1.68. The second kappa shape index (κ2) is 5.11. The number of hydrogen-bond acceptors (Lipinski definition) is 3. The molecule has 5 nitrogen and oxygen atoms in total. The normalized spacial score (nSPS) is 19.3. The van der Waals surface area contributed by atoms with E-state index in [4.69, 9.17) is 0 Å². The van der Waals surface area contributed by atoms with Crippen molar-refractivity contribution in [3.8, 4) is 0 Å². The first-order valence-corrected chi connectivity index (χ1v) is 8.96. The predicted molar refractivity (Wildman–Crippen MR) is 90.9 cm³/mol. The number of aromatic amines is 1. The van der Waals surface area contributed by atoms with E-state index in [0.717, 1.165) is 22.0 Å². The Hall–Kier alpha value is -2.31. The minimum atomic E-state index is -3.49. The highest BCUT2D eigenvalue weighted by Crippen LogP contribution is 2.28. The molecule has 0 fully saturated rings. The van der Waals surface area contributed by atoms with Gasteiger partial charge in [0, 0.05) is 23.5 Å². The highest BCUT2D eigenvalue weighted by molar-refractivity contribution is 7.89. The molecule has 1 aliphatic heterocycles. The monoisotopic (exact) mass is 327 g/mol. The van der Waals surface area contributed by atoms with Crippen molar-refractivity contribution in [3.05, 3.63) is 59.8 Å². The largest absolute Gasteiger partial charge is 0.368 e. The van der Waals surface area contributed by atoms with Crippen molar-refractivity contribution in [1.82, 2.24) is 9.71 Å². The first-order chi connectivity index (χ1) is 11.0. The number of aryl methyl sites for hydroxylation is 1. The van der Waals surface area contributed by atoms with Crippen molar-refractivity contribution in [3.63, 3.8) is 0 Å². The third-order valence-corrected chi connectivity index (χ3v) is 5.66. The van der Waals surface area contributed by atoms with Crippen molar-refractivity contribution in [1.29, 1.82) is 0 Å². The first kappa shape index (κ1) is 14.3. The number of aromatic nitrogens is 1. The van der Waals surface area contributed by atoms with Crippen molar-refractivity contribution in [2.45, 2.75) is 24.4 Å². The molecule has 1 aromatic heterocycles. The number of anilines is 1. The molecular weight excluding hydrogens is 310 g/mol. The van der Waals surface area contributed by atoms with Crippen molar-refractivity contribution >= 4 is 26.6 Å². The summed E-state index contributed by atoms with van der Waals surface area (Å²) in [5.74, 6) is 0. The summed E-state index contributed by atoms with van der Waals surface area (Å²) >= 11 is 0. The summed E-state index contributed by atoms with van der Waals surface area (Å²) in [7, 11) is -3.49. The number of rotatable bonds is 2. The third-order valence-electron chi connectivity index (χ3n) is 4.15. The van der Waals surface area contributed by atoms with Crippen LogP contribution in [0.2, 0.25) is 0 Å². The molecule has 1 unspecified atom stereocenters. The fourth-order valence-electron chi connectivity index (χ4n) is 3.05. The Bertz CT molecular complexity index is 992. The van der Waals surface area contributed by atoms with Crippen LogP contribution in [0.1, 0.15) is 11.1 Å². The van der Waals surface area contributed by atoms with Gasteiger partial charge in [0.25, 0.3) is 0 Å². The van der Waals surface area contributed by atoms with Crippen LogP contribution < -0.4 is 10.0 Å². The SMILES string of the molecule is Cc1ccc2c(c1)S(=O)(=O)NC(Cc1c[nH]c3ccccc13)N2. The molecule has 2 heterocycles. The van der Waals surface area contributed by atoms with Crippen LogP contribution in [0.15, 0.2) is 53.6 Å². The van der Waals surface area contributed by atoms with Crippen LogP contribution in [0.4, 0.5) is 5.69 Å². The molecule has 0 spiro atoms. The zero-order valence-corrected chi connectivity index (χ0v) is 13.4. The van der Waals surface area contributed by atoms with Crippen molar-refractivity contribution in [2.75, 3.05) is 5.32 Å². The van der Waals surface area contributed by atoms with E-state index in [9.17, 15) is 8.42 Å². The smallest absolute Gasteiger partial charge is 0.244 e. The molecule has 0 bridgehead atoms. The quantitative estimate of drug-likeness (QED) is 0.677. The fourth-order valence-corrected chi connectivity index (χ4v) is 4.45. The Morgan fingerprint density at radius 2 is 1.96 bits per heavy atom. The molecule has 1 aliphatic rings. The second-order valence-electron chi connectivity index (χ2n) is 5.88. The second-order valence-corrected chi connectivity index (χ2v) is 7.56. The van der Waals surface area contributed by atoms with E-state index < -0.39 is 10.0 Å². The zero-order chi connectivity index (χ0) is 16.0. The van der Waals surface area contributed by atoms with E-state index in [-0.39, 0.29) is 6.17 Å². The number of sulfonamides is 1.